The van der Waals surface area contributed by atoms with Gasteiger partial charge in [0.1, 0.15) is 0 Å². The Kier molecular flexibility index (Phi) is 3.13. The van der Waals surface area contributed by atoms with Crippen molar-refractivity contribution in [2.75, 3.05) is 0 Å². The number of aryl methyl sites for hydroxylation is 1. The lowest BCUT2D eigenvalue weighted by molar-refractivity contribution is 0.623. The molecule has 2 aromatic rings. The van der Waals surface area contributed by atoms with Crippen molar-refractivity contribution >= 4 is 27.3 Å². The number of thiophene rings is 1. The van der Waals surface area contributed by atoms with Gasteiger partial charge in [-0.15, -0.1) is 21.5 Å². The topological polar surface area (TPSA) is 69.6 Å². The van der Waals surface area contributed by atoms with Gasteiger partial charge in [-0.25, -0.2) is 0 Å². The number of tetrazole rings is 1. The van der Waals surface area contributed by atoms with Crippen LogP contribution in [0.15, 0.2) is 15.9 Å². The van der Waals surface area contributed by atoms with Gasteiger partial charge in [0, 0.05) is 21.8 Å². The third-order valence-corrected chi connectivity index (χ3v) is 3.94. The van der Waals surface area contributed by atoms with Crippen molar-refractivity contribution in [3.8, 4) is 0 Å². The van der Waals surface area contributed by atoms with E-state index >= 15 is 0 Å². The van der Waals surface area contributed by atoms with Gasteiger partial charge < -0.3 is 5.73 Å². The highest BCUT2D eigenvalue weighted by molar-refractivity contribution is 9.10. The van der Waals surface area contributed by atoms with E-state index in [9.17, 15) is 0 Å². The van der Waals surface area contributed by atoms with E-state index in [1.807, 2.05) is 11.4 Å². The average Bonchev–Trinajstić information content (AvgIpc) is 2.75. The molecule has 0 aliphatic heterocycles. The number of rotatable bonds is 3. The summed E-state index contributed by atoms with van der Waals surface area (Å²) in [5, 5.41) is 13.8. The standard InChI is InChI=1S/C8H10BrN5S/c1-14-12-7(11-13-14)4-6(10)8-5(9)2-3-15-8/h2-3,6H,4,10H2,1H3. The summed E-state index contributed by atoms with van der Waals surface area (Å²) in [5.41, 5.74) is 6.04. The van der Waals surface area contributed by atoms with Crippen molar-refractivity contribution in [2.24, 2.45) is 12.8 Å². The van der Waals surface area contributed by atoms with Crippen LogP contribution in [0.4, 0.5) is 0 Å². The van der Waals surface area contributed by atoms with Crippen LogP contribution < -0.4 is 5.73 Å². The van der Waals surface area contributed by atoms with E-state index in [1.54, 1.807) is 18.4 Å². The molecule has 0 fully saturated rings. The Morgan fingerprint density at radius 1 is 1.67 bits per heavy atom. The minimum Gasteiger partial charge on any atom is -0.323 e. The van der Waals surface area contributed by atoms with Crippen LogP contribution in [0.25, 0.3) is 0 Å². The molecule has 0 saturated carbocycles. The molecule has 0 aliphatic rings. The third kappa shape index (κ3) is 2.42. The number of aromatic nitrogens is 4. The Morgan fingerprint density at radius 2 is 2.47 bits per heavy atom. The summed E-state index contributed by atoms with van der Waals surface area (Å²) in [4.78, 5) is 2.55. The lowest BCUT2D eigenvalue weighted by Gasteiger charge is -2.06. The summed E-state index contributed by atoms with van der Waals surface area (Å²) in [6.45, 7) is 0. The summed E-state index contributed by atoms with van der Waals surface area (Å²) >= 11 is 5.08. The molecule has 0 saturated heterocycles. The predicted octanol–water partition coefficient (Wildman–Crippen LogP) is 1.28. The first-order valence-corrected chi connectivity index (χ1v) is 6.05. The van der Waals surface area contributed by atoms with Gasteiger partial charge in [0.2, 0.25) is 0 Å². The second kappa shape index (κ2) is 4.38. The second-order valence-corrected chi connectivity index (χ2v) is 4.94. The summed E-state index contributed by atoms with van der Waals surface area (Å²) in [6.07, 6.45) is 0.604. The van der Waals surface area contributed by atoms with Crippen LogP contribution >= 0.6 is 27.3 Å². The summed E-state index contributed by atoms with van der Waals surface area (Å²) < 4.78 is 1.05. The maximum absolute atomic E-state index is 6.04. The Bertz CT molecular complexity index is 451. The molecule has 0 amide bonds. The van der Waals surface area contributed by atoms with E-state index in [4.69, 9.17) is 5.73 Å². The maximum atomic E-state index is 6.04. The molecular weight excluding hydrogens is 278 g/mol. The molecule has 7 heteroatoms. The molecule has 1 unspecified atom stereocenters. The van der Waals surface area contributed by atoms with Crippen molar-refractivity contribution in [1.82, 2.24) is 20.2 Å². The van der Waals surface area contributed by atoms with E-state index in [0.29, 0.717) is 12.2 Å². The van der Waals surface area contributed by atoms with Gasteiger partial charge in [0.25, 0.3) is 0 Å². The van der Waals surface area contributed by atoms with E-state index in [2.05, 4.69) is 31.3 Å². The zero-order valence-corrected chi connectivity index (χ0v) is 10.5. The number of hydrogen-bond donors (Lipinski definition) is 1. The fourth-order valence-electron chi connectivity index (χ4n) is 1.26. The van der Waals surface area contributed by atoms with Crippen LogP contribution in [-0.2, 0) is 13.5 Å². The highest BCUT2D eigenvalue weighted by atomic mass is 79.9. The number of nitrogens with two attached hydrogens (primary N) is 1. The fraction of sp³-hybridized carbons (Fsp3) is 0.375. The molecule has 15 heavy (non-hydrogen) atoms. The first-order valence-electron chi connectivity index (χ1n) is 4.38. The molecule has 5 nitrogen and oxygen atoms in total. The minimum absolute atomic E-state index is 0.0800. The number of halogens is 1. The smallest absolute Gasteiger partial charge is 0.176 e. The Balaban J connectivity index is 2.10. The number of nitrogens with zero attached hydrogens (tertiary/aromatic N) is 4. The van der Waals surface area contributed by atoms with Crippen molar-refractivity contribution in [2.45, 2.75) is 12.5 Å². The largest absolute Gasteiger partial charge is 0.323 e. The van der Waals surface area contributed by atoms with Gasteiger partial charge in [-0.05, 0) is 32.6 Å². The first-order chi connectivity index (χ1) is 7.16. The molecule has 2 aromatic heterocycles. The quantitative estimate of drug-likeness (QED) is 0.923. The molecule has 0 aliphatic carbocycles. The summed E-state index contributed by atoms with van der Waals surface area (Å²) in [6, 6.07) is 1.91. The molecule has 0 spiro atoms. The molecule has 2 heterocycles. The Hall–Kier alpha value is -0.790. The highest BCUT2D eigenvalue weighted by Gasteiger charge is 2.14. The van der Waals surface area contributed by atoms with Gasteiger partial charge >= 0.3 is 0 Å². The van der Waals surface area contributed by atoms with Crippen molar-refractivity contribution in [1.29, 1.82) is 0 Å². The van der Waals surface area contributed by atoms with Crippen molar-refractivity contribution in [3.63, 3.8) is 0 Å². The first kappa shape index (κ1) is 10.7. The van der Waals surface area contributed by atoms with Crippen molar-refractivity contribution < 1.29 is 0 Å². The molecule has 2 rings (SSSR count). The molecule has 2 N–H and O–H groups in total. The average molecular weight is 288 g/mol. The monoisotopic (exact) mass is 287 g/mol. The van der Waals surface area contributed by atoms with Crippen LogP contribution in [0.5, 0.6) is 0 Å². The van der Waals surface area contributed by atoms with Gasteiger partial charge in [0.15, 0.2) is 5.82 Å². The summed E-state index contributed by atoms with van der Waals surface area (Å²) in [5.74, 6) is 0.672. The van der Waals surface area contributed by atoms with E-state index < -0.39 is 0 Å². The second-order valence-electron chi connectivity index (χ2n) is 3.14. The lowest BCUT2D eigenvalue weighted by Crippen LogP contribution is -2.13. The van der Waals surface area contributed by atoms with Gasteiger partial charge in [-0.2, -0.15) is 4.80 Å². The molecule has 0 radical (unpaired) electrons. The zero-order valence-electron chi connectivity index (χ0n) is 8.09. The molecular formula is C8H10BrN5S. The van der Waals surface area contributed by atoms with Gasteiger partial charge in [-0.1, -0.05) is 0 Å². The third-order valence-electron chi connectivity index (χ3n) is 1.93. The lowest BCUT2D eigenvalue weighted by atomic mass is 10.2. The van der Waals surface area contributed by atoms with Crippen LogP contribution in [0.1, 0.15) is 16.7 Å². The Labute approximate surface area is 99.4 Å². The van der Waals surface area contributed by atoms with Crippen LogP contribution in [0.2, 0.25) is 0 Å². The van der Waals surface area contributed by atoms with Gasteiger partial charge in [-0.3, -0.25) is 0 Å². The molecule has 80 valence electrons. The highest BCUT2D eigenvalue weighted by Crippen LogP contribution is 2.28. The maximum Gasteiger partial charge on any atom is 0.176 e. The van der Waals surface area contributed by atoms with E-state index in [-0.39, 0.29) is 6.04 Å². The summed E-state index contributed by atoms with van der Waals surface area (Å²) in [7, 11) is 1.74. The predicted molar refractivity (Wildman–Crippen MR) is 61.4 cm³/mol. The molecule has 0 aromatic carbocycles. The zero-order chi connectivity index (χ0) is 10.8. The SMILES string of the molecule is Cn1nnc(CC(N)c2sccc2Br)n1. The van der Waals surface area contributed by atoms with Crippen LogP contribution in [0, 0.1) is 0 Å². The molecule has 0 bridgehead atoms. The van der Waals surface area contributed by atoms with Crippen LogP contribution in [-0.4, -0.2) is 20.2 Å². The van der Waals surface area contributed by atoms with E-state index in [1.165, 1.54) is 4.80 Å². The normalized spacial score (nSPS) is 13.0. The van der Waals surface area contributed by atoms with Crippen LogP contribution in [0.3, 0.4) is 0 Å². The Morgan fingerprint density at radius 3 is 3.00 bits per heavy atom. The van der Waals surface area contributed by atoms with Gasteiger partial charge in [0.05, 0.1) is 7.05 Å². The van der Waals surface area contributed by atoms with Crippen molar-refractivity contribution in [3.05, 3.63) is 26.6 Å². The molecule has 1 atom stereocenters. The van der Waals surface area contributed by atoms with E-state index in [0.717, 1.165) is 9.35 Å². The minimum atomic E-state index is -0.0800. The fourth-order valence-corrected chi connectivity index (χ4v) is 2.94. The number of hydrogen-bond acceptors (Lipinski definition) is 5.